The minimum absolute atomic E-state index is 0.200. The number of hydrogen-bond acceptors (Lipinski definition) is 4. The molecule has 2 heterocycles. The van der Waals surface area contributed by atoms with E-state index in [0.717, 1.165) is 24.1 Å². The van der Waals surface area contributed by atoms with E-state index in [9.17, 15) is 9.59 Å². The number of ether oxygens (including phenoxy) is 2. The SMILES string of the molecule is C[C@H]1Oc2ccccc2O[C@H]1C(=O)NCc1ccc(CN2CCCC2=O)cc1. The van der Waals surface area contributed by atoms with Crippen molar-refractivity contribution in [3.63, 3.8) is 0 Å². The molecule has 1 saturated heterocycles. The molecule has 2 aliphatic heterocycles. The average Bonchev–Trinajstić information content (AvgIpc) is 3.11. The third kappa shape index (κ3) is 3.96. The Bertz CT molecular complexity index is 865. The van der Waals surface area contributed by atoms with Gasteiger partial charge in [-0.25, -0.2) is 0 Å². The van der Waals surface area contributed by atoms with Crippen LogP contribution in [0.25, 0.3) is 0 Å². The van der Waals surface area contributed by atoms with Crippen LogP contribution in [-0.2, 0) is 22.7 Å². The largest absolute Gasteiger partial charge is 0.482 e. The molecule has 1 fully saturated rings. The zero-order valence-corrected chi connectivity index (χ0v) is 15.9. The summed E-state index contributed by atoms with van der Waals surface area (Å²) in [5.74, 6) is 1.27. The van der Waals surface area contributed by atoms with Crippen LogP contribution < -0.4 is 14.8 Å². The van der Waals surface area contributed by atoms with E-state index >= 15 is 0 Å². The zero-order valence-electron chi connectivity index (χ0n) is 15.9. The maximum atomic E-state index is 12.6. The van der Waals surface area contributed by atoms with Crippen LogP contribution in [0.4, 0.5) is 0 Å². The Labute approximate surface area is 164 Å². The quantitative estimate of drug-likeness (QED) is 0.866. The molecular weight excluding hydrogens is 356 g/mol. The predicted octanol–water partition coefficient (Wildman–Crippen LogP) is 2.65. The van der Waals surface area contributed by atoms with Gasteiger partial charge in [0.05, 0.1) is 0 Å². The Morgan fingerprint density at radius 2 is 1.75 bits per heavy atom. The van der Waals surface area contributed by atoms with Crippen LogP contribution in [0.3, 0.4) is 0 Å². The van der Waals surface area contributed by atoms with Crippen molar-refractivity contribution in [1.29, 1.82) is 0 Å². The van der Waals surface area contributed by atoms with E-state index in [1.807, 2.05) is 54.3 Å². The summed E-state index contributed by atoms with van der Waals surface area (Å²) in [4.78, 5) is 26.2. The lowest BCUT2D eigenvalue weighted by molar-refractivity contribution is -0.133. The number of fused-ring (bicyclic) bond motifs is 1. The molecule has 28 heavy (non-hydrogen) atoms. The molecule has 6 nitrogen and oxygen atoms in total. The van der Waals surface area contributed by atoms with Crippen molar-refractivity contribution in [2.75, 3.05) is 6.54 Å². The second kappa shape index (κ2) is 7.92. The number of carbonyl (C=O) groups is 2. The van der Waals surface area contributed by atoms with Crippen molar-refractivity contribution < 1.29 is 19.1 Å². The van der Waals surface area contributed by atoms with Gasteiger partial charge < -0.3 is 19.7 Å². The van der Waals surface area contributed by atoms with E-state index in [0.29, 0.717) is 31.0 Å². The minimum atomic E-state index is -0.685. The topological polar surface area (TPSA) is 67.9 Å². The van der Waals surface area contributed by atoms with E-state index in [4.69, 9.17) is 9.47 Å². The van der Waals surface area contributed by atoms with Crippen molar-refractivity contribution >= 4 is 11.8 Å². The van der Waals surface area contributed by atoms with Crippen LogP contribution in [0.1, 0.15) is 30.9 Å². The van der Waals surface area contributed by atoms with Gasteiger partial charge in [0.1, 0.15) is 6.10 Å². The first-order chi connectivity index (χ1) is 13.6. The number of carbonyl (C=O) groups excluding carboxylic acids is 2. The number of rotatable bonds is 5. The van der Waals surface area contributed by atoms with Gasteiger partial charge in [-0.3, -0.25) is 9.59 Å². The molecule has 0 unspecified atom stereocenters. The fourth-order valence-corrected chi connectivity index (χ4v) is 3.55. The molecule has 0 radical (unpaired) electrons. The Balaban J connectivity index is 1.31. The van der Waals surface area contributed by atoms with Crippen molar-refractivity contribution in [2.24, 2.45) is 0 Å². The third-order valence-electron chi connectivity index (χ3n) is 5.14. The second-order valence-corrected chi connectivity index (χ2v) is 7.26. The number of benzene rings is 2. The van der Waals surface area contributed by atoms with Crippen molar-refractivity contribution in [2.45, 2.75) is 45.1 Å². The smallest absolute Gasteiger partial charge is 0.265 e. The summed E-state index contributed by atoms with van der Waals surface area (Å²) in [7, 11) is 0. The summed E-state index contributed by atoms with van der Waals surface area (Å²) >= 11 is 0. The molecule has 4 rings (SSSR count). The van der Waals surface area contributed by atoms with Crippen LogP contribution in [0.15, 0.2) is 48.5 Å². The minimum Gasteiger partial charge on any atom is -0.482 e. The number of nitrogens with zero attached hydrogens (tertiary/aromatic N) is 1. The maximum absolute atomic E-state index is 12.6. The number of para-hydroxylation sites is 2. The number of amides is 2. The average molecular weight is 380 g/mol. The van der Waals surface area contributed by atoms with E-state index in [1.165, 1.54) is 0 Å². The molecule has 0 saturated carbocycles. The fourth-order valence-electron chi connectivity index (χ4n) is 3.55. The van der Waals surface area contributed by atoms with Gasteiger partial charge in [0.15, 0.2) is 11.5 Å². The van der Waals surface area contributed by atoms with Crippen LogP contribution in [-0.4, -0.2) is 35.5 Å². The van der Waals surface area contributed by atoms with Gasteiger partial charge in [0.25, 0.3) is 5.91 Å². The number of hydrogen-bond donors (Lipinski definition) is 1. The summed E-state index contributed by atoms with van der Waals surface area (Å²) in [5, 5.41) is 2.92. The predicted molar refractivity (Wildman–Crippen MR) is 104 cm³/mol. The normalized spacial score (nSPS) is 20.9. The van der Waals surface area contributed by atoms with Crippen molar-refractivity contribution in [1.82, 2.24) is 10.2 Å². The highest BCUT2D eigenvalue weighted by molar-refractivity contribution is 5.82. The first-order valence-corrected chi connectivity index (χ1v) is 9.66. The Morgan fingerprint density at radius 3 is 2.43 bits per heavy atom. The molecular formula is C22H24N2O4. The molecule has 0 spiro atoms. The van der Waals surface area contributed by atoms with E-state index in [1.54, 1.807) is 6.07 Å². The molecule has 2 aromatic rings. The highest BCUT2D eigenvalue weighted by Crippen LogP contribution is 2.33. The zero-order chi connectivity index (χ0) is 19.5. The Hall–Kier alpha value is -3.02. The molecule has 146 valence electrons. The monoisotopic (exact) mass is 380 g/mol. The molecule has 2 atom stereocenters. The lowest BCUT2D eigenvalue weighted by Gasteiger charge is -2.31. The van der Waals surface area contributed by atoms with Gasteiger partial charge in [0.2, 0.25) is 12.0 Å². The van der Waals surface area contributed by atoms with E-state index in [-0.39, 0.29) is 17.9 Å². The molecule has 2 aromatic carbocycles. The van der Waals surface area contributed by atoms with Crippen molar-refractivity contribution in [3.8, 4) is 11.5 Å². The van der Waals surface area contributed by atoms with E-state index < -0.39 is 6.10 Å². The van der Waals surface area contributed by atoms with Gasteiger partial charge in [-0.2, -0.15) is 0 Å². The van der Waals surface area contributed by atoms with Crippen LogP contribution in [0.5, 0.6) is 11.5 Å². The molecule has 0 aliphatic carbocycles. The van der Waals surface area contributed by atoms with Crippen LogP contribution in [0.2, 0.25) is 0 Å². The summed E-state index contributed by atoms with van der Waals surface area (Å²) in [6, 6.07) is 15.3. The second-order valence-electron chi connectivity index (χ2n) is 7.26. The standard InChI is InChI=1S/C22H24N2O4/c1-15-21(28-19-6-3-2-5-18(19)27-15)22(26)23-13-16-8-10-17(11-9-16)14-24-12-4-7-20(24)25/h2-3,5-6,8-11,15,21H,4,7,12-14H2,1H3,(H,23,26)/t15-,21-/m1/s1. The summed E-state index contributed by atoms with van der Waals surface area (Å²) < 4.78 is 11.6. The Morgan fingerprint density at radius 1 is 1.07 bits per heavy atom. The fraction of sp³-hybridized carbons (Fsp3) is 0.364. The summed E-state index contributed by atoms with van der Waals surface area (Å²) in [5.41, 5.74) is 2.09. The molecule has 0 aromatic heterocycles. The molecule has 1 N–H and O–H groups in total. The van der Waals surface area contributed by atoms with Gasteiger partial charge >= 0.3 is 0 Å². The van der Waals surface area contributed by atoms with Gasteiger partial charge in [0, 0.05) is 26.1 Å². The van der Waals surface area contributed by atoms with Gasteiger partial charge in [-0.05, 0) is 36.6 Å². The molecule has 0 bridgehead atoms. The highest BCUT2D eigenvalue weighted by atomic mass is 16.6. The Kier molecular flexibility index (Phi) is 5.19. The summed E-state index contributed by atoms with van der Waals surface area (Å²) in [6.45, 7) is 3.72. The van der Waals surface area contributed by atoms with Crippen LogP contribution >= 0.6 is 0 Å². The van der Waals surface area contributed by atoms with E-state index in [2.05, 4.69) is 5.32 Å². The number of nitrogens with one attached hydrogen (secondary N) is 1. The molecule has 2 amide bonds. The lowest BCUT2D eigenvalue weighted by Crippen LogP contribution is -2.48. The van der Waals surface area contributed by atoms with Gasteiger partial charge in [-0.15, -0.1) is 0 Å². The first kappa shape index (κ1) is 18.3. The third-order valence-corrected chi connectivity index (χ3v) is 5.14. The van der Waals surface area contributed by atoms with Crippen molar-refractivity contribution in [3.05, 3.63) is 59.7 Å². The van der Waals surface area contributed by atoms with Gasteiger partial charge in [-0.1, -0.05) is 36.4 Å². The lowest BCUT2D eigenvalue weighted by atomic mass is 10.1. The van der Waals surface area contributed by atoms with Crippen LogP contribution in [0, 0.1) is 0 Å². The maximum Gasteiger partial charge on any atom is 0.265 e. The highest BCUT2D eigenvalue weighted by Gasteiger charge is 2.33. The molecule has 6 heteroatoms. The number of likely N-dealkylation sites (tertiary alicyclic amines) is 1. The summed E-state index contributed by atoms with van der Waals surface area (Å²) in [6.07, 6.45) is 0.546. The molecule has 2 aliphatic rings. The first-order valence-electron chi connectivity index (χ1n) is 9.66.